The van der Waals surface area contributed by atoms with Crippen LogP contribution in [0.1, 0.15) is 115 Å². The molecule has 1 N–H and O–H groups in total. The van der Waals surface area contributed by atoms with E-state index in [4.69, 9.17) is 15.6 Å². The summed E-state index contributed by atoms with van der Waals surface area (Å²) in [5.41, 5.74) is 9.90. The maximum atomic E-state index is 5.06. The first-order valence-corrected chi connectivity index (χ1v) is 20.1. The molecule has 4 aromatic heterocycles. The van der Waals surface area contributed by atoms with Crippen molar-refractivity contribution in [1.82, 2.24) is 14.1 Å². The van der Waals surface area contributed by atoms with E-state index >= 15 is 0 Å². The van der Waals surface area contributed by atoms with Crippen molar-refractivity contribution in [2.24, 2.45) is 0 Å². The van der Waals surface area contributed by atoms with Crippen molar-refractivity contribution in [1.29, 1.82) is 0 Å². The summed E-state index contributed by atoms with van der Waals surface area (Å²) in [4.78, 5) is 8.45. The average molecular weight is 1030 g/mol. The van der Waals surface area contributed by atoms with Crippen LogP contribution in [0.4, 0.5) is 23.0 Å². The van der Waals surface area contributed by atoms with Gasteiger partial charge >= 0.3 is 25.8 Å². The largest absolute Gasteiger partial charge is 4.00 e. The number of unbranched alkanes of at least 4 members (excludes halogenated alkanes) is 2. The number of H-pyrrole nitrogens is 1. The van der Waals surface area contributed by atoms with Gasteiger partial charge in [0, 0.05) is 36.5 Å². The van der Waals surface area contributed by atoms with Crippen molar-refractivity contribution in [3.63, 3.8) is 0 Å². The monoisotopic (exact) mass is 1030 g/mol. The van der Waals surface area contributed by atoms with Crippen molar-refractivity contribution in [2.45, 2.75) is 132 Å². The van der Waals surface area contributed by atoms with Gasteiger partial charge < -0.3 is 63.2 Å². The number of nitrogens with one attached hydrogen (secondary N) is 1. The molecule has 0 spiro atoms. The first kappa shape index (κ1) is 51.0. The Morgan fingerprint density at radius 2 is 1.00 bits per heavy atom. The second kappa shape index (κ2) is 26.8. The average Bonchev–Trinajstić information content (AvgIpc) is 3.76. The number of pyridine rings is 2. The molecule has 0 aliphatic heterocycles. The summed E-state index contributed by atoms with van der Waals surface area (Å²) in [5.74, 6) is 1.75. The Morgan fingerprint density at radius 3 is 1.52 bits per heavy atom. The van der Waals surface area contributed by atoms with Gasteiger partial charge in [0.05, 0.1) is 5.69 Å². The molecule has 0 atom stereocenters. The van der Waals surface area contributed by atoms with E-state index in [1.807, 2.05) is 6.07 Å². The zero-order chi connectivity index (χ0) is 36.7. The molecule has 2 aromatic carbocycles. The van der Waals surface area contributed by atoms with Gasteiger partial charge in [-0.25, -0.2) is 5.32 Å². The summed E-state index contributed by atoms with van der Waals surface area (Å²) in [6.45, 7) is 15.4. The number of halogens is 1. The molecule has 0 radical (unpaired) electrons. The number of benzene rings is 2. The van der Waals surface area contributed by atoms with E-state index in [1.165, 1.54) is 70.0 Å². The van der Waals surface area contributed by atoms with Crippen molar-refractivity contribution < 1.29 is 54.8 Å². The number of rotatable bonds is 18. The van der Waals surface area contributed by atoms with Gasteiger partial charge in [0.2, 0.25) is 0 Å². The number of hydrogen-bond donors (Lipinski definition) is 0. The van der Waals surface area contributed by atoms with E-state index in [9.17, 15) is 0 Å². The number of nitrogens with zero attached hydrogens (tertiary/aromatic N) is 5. The molecule has 0 aliphatic carbocycles. The van der Waals surface area contributed by atoms with Gasteiger partial charge in [0.15, 0.2) is 0 Å². The minimum Gasteiger partial charge on any atom is -1.00 e. The van der Waals surface area contributed by atoms with Gasteiger partial charge in [0.25, 0.3) is 0 Å². The van der Waals surface area contributed by atoms with E-state index in [0.717, 1.165) is 87.4 Å². The van der Waals surface area contributed by atoms with E-state index in [1.54, 1.807) is 0 Å². The first-order valence-electron chi connectivity index (χ1n) is 20.1. The standard InChI is InChI=1S/2C23H30N3.2CH3.Hf.HI/c2*1-4-7-16-26-17-15-20-13-14-21(25-23(20)26)24-22-18(9-5-2)11-8-12-19(22)10-6-3;;;;/h2*8,11-15,17H,4-7,9-10,16H2,1-3H3;2*1H3;;1H/q4*-1;+4;. The smallest absolute Gasteiger partial charge is 1.00 e. The van der Waals surface area contributed by atoms with Gasteiger partial charge in [-0.3, -0.25) is 0 Å². The molecule has 0 saturated carbocycles. The summed E-state index contributed by atoms with van der Waals surface area (Å²) in [6.07, 6.45) is 17.9. The van der Waals surface area contributed by atoms with E-state index in [2.05, 4.69) is 135 Å². The molecule has 6 rings (SSSR count). The zero-order valence-corrected chi connectivity index (χ0v) is 41.3. The number of aromatic nitrogens is 4. The molecule has 6 nitrogen and oxygen atoms in total. The number of aromatic amines is 1. The minimum atomic E-state index is 0. The fraction of sp³-hybridized carbons (Fsp3) is 0.417. The van der Waals surface area contributed by atoms with Crippen molar-refractivity contribution >= 4 is 45.1 Å². The Balaban J connectivity index is 0.000000523. The predicted molar refractivity (Wildman–Crippen MR) is 235 cm³/mol. The van der Waals surface area contributed by atoms with Crippen LogP contribution in [-0.4, -0.2) is 14.1 Å². The van der Waals surface area contributed by atoms with Crippen LogP contribution in [0.2, 0.25) is 0 Å². The summed E-state index contributed by atoms with van der Waals surface area (Å²) < 4.78 is 4.56. The van der Waals surface area contributed by atoms with Gasteiger partial charge in [-0.1, -0.05) is 134 Å². The maximum Gasteiger partial charge on any atom is 4.00 e. The number of hydrogen-bond acceptors (Lipinski definition) is 1. The van der Waals surface area contributed by atoms with Crippen LogP contribution in [0.25, 0.3) is 32.7 Å². The van der Waals surface area contributed by atoms with Crippen molar-refractivity contribution in [2.75, 3.05) is 0 Å². The Morgan fingerprint density at radius 1 is 0.536 bits per heavy atom. The molecule has 8 heteroatoms. The molecule has 0 fully saturated rings. The van der Waals surface area contributed by atoms with Gasteiger partial charge in [-0.05, 0) is 96.1 Å². The Bertz CT molecular complexity index is 1810. The van der Waals surface area contributed by atoms with Crippen LogP contribution in [-0.2, 0) is 64.6 Å². The zero-order valence-electron chi connectivity index (χ0n) is 35.6. The van der Waals surface area contributed by atoms with Crippen LogP contribution in [0.3, 0.4) is 0 Å². The Labute approximate surface area is 375 Å². The quantitative estimate of drug-likeness (QED) is 0.0481. The topological polar surface area (TPSA) is 65.1 Å². The Hall–Kier alpha value is -2.98. The normalized spacial score (nSPS) is 10.4. The first-order chi connectivity index (χ1) is 25.5. The summed E-state index contributed by atoms with van der Waals surface area (Å²) >= 11 is 0. The molecule has 4 heterocycles. The third-order valence-electron chi connectivity index (χ3n) is 9.71. The third kappa shape index (κ3) is 13.6. The van der Waals surface area contributed by atoms with Crippen LogP contribution < -0.4 is 29.0 Å². The van der Waals surface area contributed by atoms with Crippen LogP contribution in [0.15, 0.2) is 85.2 Å². The molecule has 300 valence electrons. The molecule has 56 heavy (non-hydrogen) atoms. The fourth-order valence-electron chi connectivity index (χ4n) is 7.00. The van der Waals surface area contributed by atoms with Gasteiger partial charge in [0.1, 0.15) is 11.5 Å². The van der Waals surface area contributed by atoms with Gasteiger partial charge in [-0.2, -0.15) is 0 Å². The minimum absolute atomic E-state index is 0. The van der Waals surface area contributed by atoms with Crippen molar-refractivity contribution in [3.8, 4) is 0 Å². The molecular formula is C48H67HfIN6. The van der Waals surface area contributed by atoms with E-state index < -0.39 is 0 Å². The van der Waals surface area contributed by atoms with Crippen LogP contribution in [0.5, 0.6) is 0 Å². The Kier molecular flexibility index (Phi) is 24.5. The molecule has 0 bridgehead atoms. The van der Waals surface area contributed by atoms with E-state index in [-0.39, 0.29) is 64.7 Å². The number of aryl methyl sites for hydroxylation is 6. The molecule has 0 aliphatic rings. The number of para-hydroxylation sites is 2. The predicted octanol–water partition coefficient (Wildman–Crippen LogP) is 11.5. The molecule has 0 unspecified atom stereocenters. The van der Waals surface area contributed by atoms with Crippen LogP contribution >= 0.6 is 0 Å². The maximum absolute atomic E-state index is 5.06. The fourth-order valence-corrected chi connectivity index (χ4v) is 7.00. The van der Waals surface area contributed by atoms with Gasteiger partial charge in [-0.15, -0.1) is 0 Å². The third-order valence-corrected chi connectivity index (χ3v) is 9.71. The molecule has 0 amide bonds. The van der Waals surface area contributed by atoms with Crippen LogP contribution in [0, 0.1) is 14.9 Å². The summed E-state index contributed by atoms with van der Waals surface area (Å²) in [7, 11) is 0. The molecular weight excluding hydrogens is 966 g/mol. The van der Waals surface area contributed by atoms with Crippen molar-refractivity contribution in [3.05, 3.63) is 133 Å². The second-order valence-electron chi connectivity index (χ2n) is 14.0. The molecule has 6 aromatic rings. The van der Waals surface area contributed by atoms with E-state index in [0.29, 0.717) is 0 Å². The SMILES string of the molecule is CCCCn1ccc2ccc([N-]c3c(CCC)cccc3CCC)[nH+]c21.CCCCn1ccc2ccc([N-]c3c(CCC)cccc3CCC)nc21.[CH3-].[CH3-].[Hf+4].[I-]. The summed E-state index contributed by atoms with van der Waals surface area (Å²) in [5, 5.41) is 12.5. The summed E-state index contributed by atoms with van der Waals surface area (Å²) in [6, 6.07) is 26.0. The molecule has 0 saturated heterocycles. The number of fused-ring (bicyclic) bond motifs is 2. The second-order valence-corrected chi connectivity index (χ2v) is 14.0.